The Kier molecular flexibility index (Phi) is 4.76. The van der Waals surface area contributed by atoms with Crippen molar-refractivity contribution in [3.63, 3.8) is 0 Å². The molecular formula is C13H15ClN4O2S. The molecule has 0 aliphatic carbocycles. The van der Waals surface area contributed by atoms with Crippen LogP contribution in [0.1, 0.15) is 5.56 Å². The smallest absolute Gasteiger partial charge is 0.246 e. The van der Waals surface area contributed by atoms with Crippen LogP contribution in [0.4, 0.5) is 5.95 Å². The Morgan fingerprint density at radius 1 is 1.24 bits per heavy atom. The van der Waals surface area contributed by atoms with E-state index in [-0.39, 0.29) is 11.4 Å². The van der Waals surface area contributed by atoms with Gasteiger partial charge < -0.3 is 5.32 Å². The minimum atomic E-state index is -3.66. The van der Waals surface area contributed by atoms with Gasteiger partial charge in [0.1, 0.15) is 4.90 Å². The van der Waals surface area contributed by atoms with Crippen LogP contribution < -0.4 is 5.32 Å². The summed E-state index contributed by atoms with van der Waals surface area (Å²) in [4.78, 5) is 7.87. The fraction of sp³-hybridized carbons (Fsp3) is 0.231. The molecule has 0 aliphatic heterocycles. The molecule has 0 saturated carbocycles. The molecule has 0 bridgehead atoms. The van der Waals surface area contributed by atoms with Gasteiger partial charge in [-0.1, -0.05) is 29.8 Å². The number of halogens is 1. The van der Waals surface area contributed by atoms with E-state index in [1.807, 2.05) is 6.07 Å². The number of anilines is 1. The van der Waals surface area contributed by atoms with Crippen LogP contribution in [0.2, 0.25) is 5.02 Å². The number of nitrogens with one attached hydrogen (secondary N) is 1. The minimum Gasteiger partial charge on any atom is -0.357 e. The largest absolute Gasteiger partial charge is 0.357 e. The second kappa shape index (κ2) is 6.38. The fourth-order valence-electron chi connectivity index (χ4n) is 1.71. The molecule has 0 saturated heterocycles. The lowest BCUT2D eigenvalue weighted by molar-refractivity contribution is 0.466. The lowest BCUT2D eigenvalue weighted by Gasteiger charge is -2.17. The van der Waals surface area contributed by atoms with Crippen molar-refractivity contribution in [1.29, 1.82) is 0 Å². The summed E-state index contributed by atoms with van der Waals surface area (Å²) < 4.78 is 26.1. The Balaban J connectivity index is 2.24. The molecule has 2 rings (SSSR count). The number of nitrogens with zero attached hydrogens (tertiary/aromatic N) is 3. The van der Waals surface area contributed by atoms with E-state index in [2.05, 4.69) is 15.3 Å². The zero-order valence-corrected chi connectivity index (χ0v) is 13.2. The first-order valence-electron chi connectivity index (χ1n) is 6.14. The molecule has 21 heavy (non-hydrogen) atoms. The van der Waals surface area contributed by atoms with Gasteiger partial charge >= 0.3 is 0 Å². The van der Waals surface area contributed by atoms with E-state index in [1.165, 1.54) is 23.7 Å². The Labute approximate surface area is 128 Å². The molecule has 8 heteroatoms. The second-order valence-electron chi connectivity index (χ2n) is 4.34. The van der Waals surface area contributed by atoms with Gasteiger partial charge in [-0.25, -0.2) is 18.4 Å². The zero-order chi connectivity index (χ0) is 15.5. The van der Waals surface area contributed by atoms with E-state index >= 15 is 0 Å². The lowest BCUT2D eigenvalue weighted by atomic mass is 10.2. The van der Waals surface area contributed by atoms with Crippen molar-refractivity contribution in [2.45, 2.75) is 11.4 Å². The molecule has 0 fully saturated rings. The number of hydrogen-bond acceptors (Lipinski definition) is 5. The molecule has 0 radical (unpaired) electrons. The third kappa shape index (κ3) is 3.49. The van der Waals surface area contributed by atoms with Crippen molar-refractivity contribution in [3.8, 4) is 0 Å². The van der Waals surface area contributed by atoms with Gasteiger partial charge in [-0.3, -0.25) is 0 Å². The maximum Gasteiger partial charge on any atom is 0.246 e. The molecule has 1 aromatic carbocycles. The molecule has 0 atom stereocenters. The first-order chi connectivity index (χ1) is 9.95. The highest BCUT2D eigenvalue weighted by Gasteiger charge is 2.22. The van der Waals surface area contributed by atoms with Gasteiger partial charge in [-0.2, -0.15) is 4.31 Å². The van der Waals surface area contributed by atoms with Gasteiger partial charge in [-0.05, 0) is 11.6 Å². The SMILES string of the molecule is CNc1ncc(S(=O)(=O)N(C)Cc2ccccc2Cl)cn1. The van der Waals surface area contributed by atoms with E-state index in [0.29, 0.717) is 11.0 Å². The van der Waals surface area contributed by atoms with Crippen LogP contribution in [-0.4, -0.2) is 36.8 Å². The van der Waals surface area contributed by atoms with E-state index in [9.17, 15) is 8.42 Å². The molecule has 2 aromatic rings. The fourth-order valence-corrected chi connectivity index (χ4v) is 2.95. The van der Waals surface area contributed by atoms with E-state index < -0.39 is 10.0 Å². The van der Waals surface area contributed by atoms with Gasteiger partial charge in [-0.15, -0.1) is 0 Å². The van der Waals surface area contributed by atoms with Crippen LogP contribution in [0.5, 0.6) is 0 Å². The first-order valence-corrected chi connectivity index (χ1v) is 7.96. The summed E-state index contributed by atoms with van der Waals surface area (Å²) in [5.74, 6) is 0.364. The molecule has 1 N–H and O–H groups in total. The highest BCUT2D eigenvalue weighted by atomic mass is 35.5. The molecule has 6 nitrogen and oxygen atoms in total. The Morgan fingerprint density at radius 3 is 2.43 bits per heavy atom. The van der Waals surface area contributed by atoms with Gasteiger partial charge in [0, 0.05) is 25.7 Å². The summed E-state index contributed by atoms with van der Waals surface area (Å²) in [6, 6.07) is 7.12. The van der Waals surface area contributed by atoms with Crippen molar-refractivity contribution in [2.75, 3.05) is 19.4 Å². The van der Waals surface area contributed by atoms with Crippen molar-refractivity contribution in [2.24, 2.45) is 0 Å². The molecule has 0 aliphatic rings. The summed E-state index contributed by atoms with van der Waals surface area (Å²) in [6.07, 6.45) is 2.55. The third-order valence-electron chi connectivity index (χ3n) is 2.91. The van der Waals surface area contributed by atoms with Crippen molar-refractivity contribution in [1.82, 2.24) is 14.3 Å². The topological polar surface area (TPSA) is 75.2 Å². The molecule has 0 spiro atoms. The predicted octanol–water partition coefficient (Wildman–Crippen LogP) is 1.99. The number of rotatable bonds is 5. The molecule has 112 valence electrons. The normalized spacial score (nSPS) is 11.6. The maximum atomic E-state index is 12.4. The van der Waals surface area contributed by atoms with E-state index in [1.54, 1.807) is 25.2 Å². The Bertz CT molecular complexity index is 719. The number of sulfonamides is 1. The van der Waals surface area contributed by atoms with Crippen LogP contribution >= 0.6 is 11.6 Å². The molecular weight excluding hydrogens is 312 g/mol. The van der Waals surface area contributed by atoms with Crippen molar-refractivity contribution in [3.05, 3.63) is 47.2 Å². The predicted molar refractivity (Wildman–Crippen MR) is 81.7 cm³/mol. The highest BCUT2D eigenvalue weighted by Crippen LogP contribution is 2.20. The molecule has 0 amide bonds. The molecule has 0 unspecified atom stereocenters. The van der Waals surface area contributed by atoms with Crippen LogP contribution in [0, 0.1) is 0 Å². The monoisotopic (exact) mass is 326 g/mol. The summed E-state index contributed by atoms with van der Waals surface area (Å²) in [5.41, 5.74) is 0.734. The summed E-state index contributed by atoms with van der Waals surface area (Å²) in [7, 11) is -0.507. The minimum absolute atomic E-state index is 0.0380. The Morgan fingerprint density at radius 2 is 1.86 bits per heavy atom. The third-order valence-corrected chi connectivity index (χ3v) is 5.04. The average Bonchev–Trinajstić information content (AvgIpc) is 2.49. The van der Waals surface area contributed by atoms with E-state index in [0.717, 1.165) is 5.56 Å². The van der Waals surface area contributed by atoms with Crippen LogP contribution in [0.15, 0.2) is 41.6 Å². The molecule has 1 heterocycles. The zero-order valence-electron chi connectivity index (χ0n) is 11.6. The van der Waals surface area contributed by atoms with Gasteiger partial charge in [0.25, 0.3) is 0 Å². The lowest BCUT2D eigenvalue weighted by Crippen LogP contribution is -2.27. The van der Waals surface area contributed by atoms with Gasteiger partial charge in [0.2, 0.25) is 16.0 Å². The van der Waals surface area contributed by atoms with Gasteiger partial charge in [0.05, 0.1) is 12.4 Å². The van der Waals surface area contributed by atoms with Gasteiger partial charge in [0.15, 0.2) is 0 Å². The van der Waals surface area contributed by atoms with Crippen LogP contribution in [0.25, 0.3) is 0 Å². The van der Waals surface area contributed by atoms with Crippen molar-refractivity contribution >= 4 is 27.6 Å². The second-order valence-corrected chi connectivity index (χ2v) is 6.80. The highest BCUT2D eigenvalue weighted by molar-refractivity contribution is 7.89. The van der Waals surface area contributed by atoms with Crippen LogP contribution in [-0.2, 0) is 16.6 Å². The van der Waals surface area contributed by atoms with Crippen molar-refractivity contribution < 1.29 is 8.42 Å². The quantitative estimate of drug-likeness (QED) is 0.909. The standard InChI is InChI=1S/C13H15ClN4O2S/c1-15-13-16-7-11(8-17-13)21(19,20)18(2)9-10-5-3-4-6-12(10)14/h3-8H,9H2,1-2H3,(H,15,16,17). The number of hydrogen-bond donors (Lipinski definition) is 1. The average molecular weight is 327 g/mol. The summed E-state index contributed by atoms with van der Waals surface area (Å²) in [5, 5.41) is 3.26. The molecule has 1 aromatic heterocycles. The number of benzene rings is 1. The summed E-state index contributed by atoms with van der Waals surface area (Å²) >= 11 is 6.05. The first kappa shape index (κ1) is 15.7. The van der Waals surface area contributed by atoms with Crippen LogP contribution in [0.3, 0.4) is 0 Å². The number of aromatic nitrogens is 2. The summed E-state index contributed by atoms with van der Waals surface area (Å²) in [6.45, 7) is 0.176. The van der Waals surface area contributed by atoms with E-state index in [4.69, 9.17) is 11.6 Å². The Hall–Kier alpha value is -1.70. The maximum absolute atomic E-state index is 12.4.